The fourth-order valence-corrected chi connectivity index (χ4v) is 6.08. The molecule has 1 N–H and O–H groups in total. The standard InChI is InChI=1S/C27H24F2N2O4S/c1-30-21-5-3-16(11-19(21)28)18-13-23(36-25(18)17-4-6-22(34-2)20(29)12-17)26(33)31-9-7-27(8-10-31)15-35-14-24(27)32/h3-6,11-13,24,32H,7-10,14-15H2,2H3. The van der Waals surface area contributed by atoms with Crippen LogP contribution in [0.1, 0.15) is 22.5 Å². The third-order valence-electron chi connectivity index (χ3n) is 7.15. The van der Waals surface area contributed by atoms with Crippen LogP contribution < -0.4 is 4.74 Å². The highest BCUT2D eigenvalue weighted by atomic mass is 32.1. The van der Waals surface area contributed by atoms with Gasteiger partial charge in [0.05, 0.1) is 37.9 Å². The van der Waals surface area contributed by atoms with E-state index in [1.54, 1.807) is 23.1 Å². The quantitative estimate of drug-likeness (QED) is 0.469. The summed E-state index contributed by atoms with van der Waals surface area (Å²) in [6.07, 6.45) is 0.781. The molecular formula is C27H24F2N2O4S. The third-order valence-corrected chi connectivity index (χ3v) is 8.33. The molecule has 2 aliphatic heterocycles. The maximum absolute atomic E-state index is 14.5. The molecule has 3 heterocycles. The van der Waals surface area contributed by atoms with Crippen molar-refractivity contribution >= 4 is 22.9 Å². The molecule has 186 valence electrons. The maximum atomic E-state index is 14.5. The van der Waals surface area contributed by atoms with E-state index in [1.807, 2.05) is 0 Å². The lowest BCUT2D eigenvalue weighted by atomic mass is 9.76. The Hall–Kier alpha value is -3.32. The minimum atomic E-state index is -0.660. The molecule has 1 aromatic heterocycles. The predicted octanol–water partition coefficient (Wildman–Crippen LogP) is 5.53. The first-order valence-corrected chi connectivity index (χ1v) is 12.4. The van der Waals surface area contributed by atoms with Crippen molar-refractivity contribution in [3.8, 4) is 27.3 Å². The molecule has 1 spiro atoms. The first kappa shape index (κ1) is 24.4. The Morgan fingerprint density at radius 1 is 1.17 bits per heavy atom. The number of carbonyl (C=O) groups excluding carboxylic acids is 1. The van der Waals surface area contributed by atoms with E-state index < -0.39 is 17.7 Å². The molecule has 2 aromatic carbocycles. The fourth-order valence-electron chi connectivity index (χ4n) is 4.93. The van der Waals surface area contributed by atoms with Gasteiger partial charge in [-0.25, -0.2) is 13.6 Å². The van der Waals surface area contributed by atoms with Gasteiger partial charge in [-0.15, -0.1) is 11.3 Å². The van der Waals surface area contributed by atoms with Crippen LogP contribution in [0.15, 0.2) is 42.5 Å². The molecule has 2 aliphatic rings. The normalized spacial score (nSPS) is 18.9. The van der Waals surface area contributed by atoms with Gasteiger partial charge in [0.15, 0.2) is 11.6 Å². The van der Waals surface area contributed by atoms with Crippen LogP contribution in [-0.4, -0.2) is 55.4 Å². The number of piperidine rings is 1. The fraction of sp³-hybridized carbons (Fsp3) is 0.333. The Morgan fingerprint density at radius 3 is 2.50 bits per heavy atom. The van der Waals surface area contributed by atoms with Gasteiger partial charge in [-0.1, -0.05) is 12.1 Å². The number of likely N-dealkylation sites (tertiary alicyclic amines) is 1. The molecule has 5 rings (SSSR count). The number of methoxy groups -OCH3 is 1. The van der Waals surface area contributed by atoms with Gasteiger partial charge in [-0.2, -0.15) is 0 Å². The van der Waals surface area contributed by atoms with E-state index in [4.69, 9.17) is 16.0 Å². The number of hydrogen-bond acceptors (Lipinski definition) is 5. The molecule has 2 saturated heterocycles. The summed E-state index contributed by atoms with van der Waals surface area (Å²) in [5.74, 6) is -1.27. The molecule has 2 fully saturated rings. The number of nitrogens with zero attached hydrogens (tertiary/aromatic N) is 2. The van der Waals surface area contributed by atoms with Crippen LogP contribution in [-0.2, 0) is 4.74 Å². The van der Waals surface area contributed by atoms with Crippen molar-refractivity contribution in [2.75, 3.05) is 33.4 Å². The number of hydrogen-bond donors (Lipinski definition) is 1. The number of ether oxygens (including phenoxy) is 2. The summed E-state index contributed by atoms with van der Waals surface area (Å²) in [5, 5.41) is 10.3. The number of rotatable bonds is 4. The Balaban J connectivity index is 1.50. The van der Waals surface area contributed by atoms with E-state index in [9.17, 15) is 18.7 Å². The second-order valence-corrected chi connectivity index (χ2v) is 10.2. The highest BCUT2D eigenvalue weighted by Crippen LogP contribution is 2.43. The molecule has 36 heavy (non-hydrogen) atoms. The summed E-state index contributed by atoms with van der Waals surface area (Å²) in [4.78, 5) is 19.5. The van der Waals surface area contributed by atoms with Crippen LogP contribution in [0.5, 0.6) is 5.75 Å². The minimum Gasteiger partial charge on any atom is -0.494 e. The lowest BCUT2D eigenvalue weighted by Crippen LogP contribution is -2.47. The first-order valence-electron chi connectivity index (χ1n) is 11.6. The van der Waals surface area contributed by atoms with E-state index in [0.29, 0.717) is 65.6 Å². The van der Waals surface area contributed by atoms with Crippen molar-refractivity contribution in [1.29, 1.82) is 0 Å². The second kappa shape index (κ2) is 9.62. The van der Waals surface area contributed by atoms with Gasteiger partial charge in [0.1, 0.15) is 5.82 Å². The maximum Gasteiger partial charge on any atom is 0.263 e. The van der Waals surface area contributed by atoms with Crippen LogP contribution in [0.25, 0.3) is 26.4 Å². The lowest BCUT2D eigenvalue weighted by molar-refractivity contribution is 0.0125. The van der Waals surface area contributed by atoms with Crippen molar-refractivity contribution in [3.63, 3.8) is 0 Å². The Morgan fingerprint density at radius 2 is 1.89 bits per heavy atom. The van der Waals surface area contributed by atoms with Gasteiger partial charge in [-0.3, -0.25) is 4.79 Å². The Bertz CT molecular complexity index is 1360. The van der Waals surface area contributed by atoms with Gasteiger partial charge in [-0.05, 0) is 54.3 Å². The van der Waals surface area contributed by atoms with Crippen LogP contribution >= 0.6 is 11.3 Å². The summed E-state index contributed by atoms with van der Waals surface area (Å²) in [6.45, 7) is 8.92. The van der Waals surface area contributed by atoms with Crippen LogP contribution in [0.3, 0.4) is 0 Å². The zero-order valence-corrected chi connectivity index (χ0v) is 20.4. The number of amides is 1. The first-order chi connectivity index (χ1) is 17.3. The molecule has 1 unspecified atom stereocenters. The molecule has 9 heteroatoms. The molecular weight excluding hydrogens is 486 g/mol. The van der Waals surface area contributed by atoms with Crippen molar-refractivity contribution in [2.24, 2.45) is 5.41 Å². The van der Waals surface area contributed by atoms with Crippen LogP contribution in [0, 0.1) is 23.6 Å². The summed E-state index contributed by atoms with van der Waals surface area (Å²) in [7, 11) is 1.38. The van der Waals surface area contributed by atoms with E-state index in [2.05, 4.69) is 4.85 Å². The average molecular weight is 511 g/mol. The number of benzene rings is 2. The molecule has 1 amide bonds. The van der Waals surface area contributed by atoms with E-state index >= 15 is 0 Å². The Kier molecular flexibility index (Phi) is 6.51. The Labute approximate surface area is 211 Å². The SMILES string of the molecule is [C-]#[N+]c1ccc(-c2cc(C(=O)N3CCC4(CC3)COCC4O)sc2-c2ccc(OC)c(F)c2)cc1F. The number of carbonyl (C=O) groups is 1. The molecule has 0 bridgehead atoms. The van der Waals surface area contributed by atoms with Crippen molar-refractivity contribution < 1.29 is 28.2 Å². The van der Waals surface area contributed by atoms with Crippen molar-refractivity contribution in [2.45, 2.75) is 18.9 Å². The number of aliphatic hydroxyl groups is 1. The van der Waals surface area contributed by atoms with Gasteiger partial charge >= 0.3 is 0 Å². The zero-order chi connectivity index (χ0) is 25.4. The molecule has 6 nitrogen and oxygen atoms in total. The highest BCUT2D eigenvalue weighted by Gasteiger charge is 2.46. The molecule has 1 atom stereocenters. The number of aliphatic hydroxyl groups excluding tert-OH is 1. The third kappa shape index (κ3) is 4.26. The van der Waals surface area contributed by atoms with Gasteiger partial charge in [0.2, 0.25) is 5.69 Å². The minimum absolute atomic E-state index is 0.0948. The zero-order valence-electron chi connectivity index (χ0n) is 19.6. The largest absolute Gasteiger partial charge is 0.494 e. The summed E-state index contributed by atoms with van der Waals surface area (Å²) >= 11 is 1.22. The molecule has 0 saturated carbocycles. The lowest BCUT2D eigenvalue weighted by Gasteiger charge is -2.40. The van der Waals surface area contributed by atoms with Crippen molar-refractivity contribution in [1.82, 2.24) is 4.90 Å². The summed E-state index contributed by atoms with van der Waals surface area (Å²) in [5.41, 5.74) is 1.21. The number of halogens is 2. The molecule has 0 aliphatic carbocycles. The molecule has 3 aromatic rings. The summed E-state index contributed by atoms with van der Waals surface area (Å²) < 4.78 is 39.5. The highest BCUT2D eigenvalue weighted by molar-refractivity contribution is 7.18. The van der Waals surface area contributed by atoms with Gasteiger partial charge in [0, 0.05) is 28.9 Å². The predicted molar refractivity (Wildman–Crippen MR) is 132 cm³/mol. The van der Waals surface area contributed by atoms with Gasteiger partial charge in [0.25, 0.3) is 5.91 Å². The second-order valence-electron chi connectivity index (χ2n) is 9.17. The van der Waals surface area contributed by atoms with Gasteiger partial charge < -0.3 is 19.5 Å². The number of thiophene rings is 1. The van der Waals surface area contributed by atoms with Crippen LogP contribution in [0.4, 0.5) is 14.5 Å². The van der Waals surface area contributed by atoms with E-state index in [1.165, 1.54) is 42.7 Å². The van der Waals surface area contributed by atoms with E-state index in [-0.39, 0.29) is 22.8 Å². The topological polar surface area (TPSA) is 63.4 Å². The summed E-state index contributed by atoms with van der Waals surface area (Å²) in [6, 6.07) is 10.5. The average Bonchev–Trinajstić information content (AvgIpc) is 3.48. The van der Waals surface area contributed by atoms with E-state index in [0.717, 1.165) is 0 Å². The molecule has 0 radical (unpaired) electrons. The smallest absolute Gasteiger partial charge is 0.263 e. The van der Waals surface area contributed by atoms with Crippen molar-refractivity contribution in [3.05, 3.63) is 70.4 Å². The monoisotopic (exact) mass is 510 g/mol. The van der Waals surface area contributed by atoms with Crippen LogP contribution in [0.2, 0.25) is 0 Å².